The zero-order valence-electron chi connectivity index (χ0n) is 15.8. The van der Waals surface area contributed by atoms with Gasteiger partial charge >= 0.3 is 0 Å². The van der Waals surface area contributed by atoms with Gasteiger partial charge in [-0.25, -0.2) is 0 Å². The second kappa shape index (κ2) is 8.42. The summed E-state index contributed by atoms with van der Waals surface area (Å²) in [6.45, 7) is 5.32. The number of rotatable bonds is 6. The highest BCUT2D eigenvalue weighted by Crippen LogP contribution is 2.22. The van der Waals surface area contributed by atoms with E-state index in [1.807, 2.05) is 6.07 Å². The van der Waals surface area contributed by atoms with Crippen LogP contribution in [0.4, 0.5) is 5.69 Å². The highest BCUT2D eigenvalue weighted by Gasteiger charge is 2.10. The van der Waals surface area contributed by atoms with Crippen molar-refractivity contribution >= 4 is 16.5 Å². The van der Waals surface area contributed by atoms with E-state index in [2.05, 4.69) is 64.8 Å². The summed E-state index contributed by atoms with van der Waals surface area (Å²) < 4.78 is 10.7. The Hall–Kier alpha value is -2.56. The van der Waals surface area contributed by atoms with Crippen molar-refractivity contribution in [2.45, 2.75) is 13.1 Å². The Bertz CT molecular complexity index is 887. The lowest BCUT2D eigenvalue weighted by atomic mass is 10.1. The van der Waals surface area contributed by atoms with Crippen LogP contribution in [0.3, 0.4) is 0 Å². The number of methoxy groups -OCH3 is 1. The third-order valence-electron chi connectivity index (χ3n) is 5.08. The van der Waals surface area contributed by atoms with Crippen molar-refractivity contribution in [2.75, 3.05) is 38.3 Å². The van der Waals surface area contributed by atoms with Crippen LogP contribution in [0.25, 0.3) is 10.8 Å². The predicted molar refractivity (Wildman–Crippen MR) is 111 cm³/mol. The second-order valence-electron chi connectivity index (χ2n) is 6.92. The molecule has 0 radical (unpaired) electrons. The predicted octanol–water partition coefficient (Wildman–Crippen LogP) is 3.97. The van der Waals surface area contributed by atoms with Gasteiger partial charge in [-0.05, 0) is 52.2 Å². The lowest BCUT2D eigenvalue weighted by molar-refractivity contribution is 0.122. The van der Waals surface area contributed by atoms with E-state index in [1.165, 1.54) is 27.6 Å². The Labute approximate surface area is 160 Å². The molecule has 0 aromatic heterocycles. The molecule has 3 aromatic carbocycles. The van der Waals surface area contributed by atoms with Crippen LogP contribution in [-0.2, 0) is 17.8 Å². The van der Waals surface area contributed by atoms with Crippen LogP contribution >= 0.6 is 0 Å². The van der Waals surface area contributed by atoms with Gasteiger partial charge in [0.05, 0.1) is 20.3 Å². The fraction of sp³-hybridized carbons (Fsp3) is 0.304. The Morgan fingerprint density at radius 3 is 2.30 bits per heavy atom. The summed E-state index contributed by atoms with van der Waals surface area (Å²) in [5, 5.41) is 5.99. The van der Waals surface area contributed by atoms with Crippen molar-refractivity contribution in [3.8, 4) is 5.75 Å². The van der Waals surface area contributed by atoms with Gasteiger partial charge in [0.2, 0.25) is 0 Å². The Morgan fingerprint density at radius 1 is 0.852 bits per heavy atom. The summed E-state index contributed by atoms with van der Waals surface area (Å²) in [5.41, 5.74) is 3.88. The zero-order valence-corrected chi connectivity index (χ0v) is 15.8. The van der Waals surface area contributed by atoms with Gasteiger partial charge in [0, 0.05) is 31.9 Å². The molecule has 1 aliphatic rings. The first kappa shape index (κ1) is 17.8. The van der Waals surface area contributed by atoms with E-state index in [-0.39, 0.29) is 0 Å². The largest absolute Gasteiger partial charge is 0.497 e. The molecule has 140 valence electrons. The Morgan fingerprint density at radius 2 is 1.52 bits per heavy atom. The van der Waals surface area contributed by atoms with E-state index in [1.54, 1.807) is 7.11 Å². The fourth-order valence-corrected chi connectivity index (χ4v) is 3.51. The summed E-state index contributed by atoms with van der Waals surface area (Å²) in [7, 11) is 1.70. The van der Waals surface area contributed by atoms with Crippen molar-refractivity contribution in [1.29, 1.82) is 0 Å². The van der Waals surface area contributed by atoms with Gasteiger partial charge < -0.3 is 19.7 Å². The number of nitrogens with zero attached hydrogens (tertiary/aromatic N) is 1. The second-order valence-corrected chi connectivity index (χ2v) is 6.92. The van der Waals surface area contributed by atoms with E-state index in [0.717, 1.165) is 45.1 Å². The lowest BCUT2D eigenvalue weighted by Crippen LogP contribution is -2.36. The molecule has 0 bridgehead atoms. The van der Waals surface area contributed by atoms with Crippen LogP contribution in [-0.4, -0.2) is 33.4 Å². The summed E-state index contributed by atoms with van der Waals surface area (Å²) >= 11 is 0. The molecule has 1 fully saturated rings. The smallest absolute Gasteiger partial charge is 0.119 e. The standard InChI is InChI=1S/C23H26N2O2/c1-26-23-9-6-20-14-19(2-5-21(20)15-23)17-24-16-18-3-7-22(8-4-18)25-10-12-27-13-11-25/h2-9,14-15,24H,10-13,16-17H2,1H3. The normalized spacial score (nSPS) is 14.5. The van der Waals surface area contributed by atoms with E-state index in [9.17, 15) is 0 Å². The van der Waals surface area contributed by atoms with Gasteiger partial charge in [-0.15, -0.1) is 0 Å². The van der Waals surface area contributed by atoms with Gasteiger partial charge in [-0.3, -0.25) is 0 Å². The maximum atomic E-state index is 5.42. The zero-order chi connectivity index (χ0) is 18.5. The maximum absolute atomic E-state index is 5.42. The summed E-state index contributed by atoms with van der Waals surface area (Å²) in [5.74, 6) is 0.897. The number of ether oxygens (including phenoxy) is 2. The number of hydrogen-bond donors (Lipinski definition) is 1. The molecule has 0 amide bonds. The summed E-state index contributed by atoms with van der Waals surface area (Å²) in [6.07, 6.45) is 0. The SMILES string of the molecule is COc1ccc2cc(CNCc3ccc(N4CCOCC4)cc3)ccc2c1. The van der Waals surface area contributed by atoms with Gasteiger partial charge in [0.25, 0.3) is 0 Å². The minimum absolute atomic E-state index is 0.821. The molecule has 4 nitrogen and oxygen atoms in total. The molecular weight excluding hydrogens is 336 g/mol. The lowest BCUT2D eigenvalue weighted by Gasteiger charge is -2.28. The highest BCUT2D eigenvalue weighted by atomic mass is 16.5. The molecule has 4 rings (SSSR count). The topological polar surface area (TPSA) is 33.7 Å². The molecule has 27 heavy (non-hydrogen) atoms. The first-order valence-corrected chi connectivity index (χ1v) is 9.51. The minimum atomic E-state index is 0.821. The van der Waals surface area contributed by atoms with Crippen LogP contribution in [0, 0.1) is 0 Å². The third-order valence-corrected chi connectivity index (χ3v) is 5.08. The molecule has 0 spiro atoms. The van der Waals surface area contributed by atoms with Crippen molar-refractivity contribution in [1.82, 2.24) is 5.32 Å². The number of morpholine rings is 1. The molecule has 1 aliphatic heterocycles. The van der Waals surface area contributed by atoms with Crippen LogP contribution < -0.4 is 15.0 Å². The minimum Gasteiger partial charge on any atom is -0.497 e. The van der Waals surface area contributed by atoms with E-state index < -0.39 is 0 Å². The quantitative estimate of drug-likeness (QED) is 0.719. The first-order chi connectivity index (χ1) is 13.3. The van der Waals surface area contributed by atoms with E-state index in [4.69, 9.17) is 9.47 Å². The number of hydrogen-bond acceptors (Lipinski definition) is 4. The van der Waals surface area contributed by atoms with Gasteiger partial charge in [-0.1, -0.05) is 30.3 Å². The van der Waals surface area contributed by atoms with Crippen molar-refractivity contribution < 1.29 is 9.47 Å². The molecule has 4 heteroatoms. The highest BCUT2D eigenvalue weighted by molar-refractivity contribution is 5.84. The van der Waals surface area contributed by atoms with Crippen molar-refractivity contribution in [3.63, 3.8) is 0 Å². The Balaban J connectivity index is 1.33. The molecule has 3 aromatic rings. The molecule has 0 aliphatic carbocycles. The van der Waals surface area contributed by atoms with Gasteiger partial charge in [0.15, 0.2) is 0 Å². The van der Waals surface area contributed by atoms with Crippen molar-refractivity contribution in [3.05, 3.63) is 71.8 Å². The fourth-order valence-electron chi connectivity index (χ4n) is 3.51. The van der Waals surface area contributed by atoms with Gasteiger partial charge in [0.1, 0.15) is 5.75 Å². The molecule has 0 saturated carbocycles. The van der Waals surface area contributed by atoms with E-state index >= 15 is 0 Å². The maximum Gasteiger partial charge on any atom is 0.119 e. The number of anilines is 1. The monoisotopic (exact) mass is 362 g/mol. The van der Waals surface area contributed by atoms with Crippen LogP contribution in [0.2, 0.25) is 0 Å². The molecule has 1 heterocycles. The van der Waals surface area contributed by atoms with Crippen LogP contribution in [0.15, 0.2) is 60.7 Å². The number of fused-ring (bicyclic) bond motifs is 1. The molecule has 1 saturated heterocycles. The average Bonchev–Trinajstić information content (AvgIpc) is 2.74. The molecule has 0 atom stereocenters. The van der Waals surface area contributed by atoms with Crippen LogP contribution in [0.1, 0.15) is 11.1 Å². The third kappa shape index (κ3) is 4.41. The van der Waals surface area contributed by atoms with E-state index in [0.29, 0.717) is 0 Å². The Kier molecular flexibility index (Phi) is 5.56. The number of benzene rings is 3. The van der Waals surface area contributed by atoms with Crippen LogP contribution in [0.5, 0.6) is 5.75 Å². The summed E-state index contributed by atoms with van der Waals surface area (Å²) in [4.78, 5) is 2.38. The summed E-state index contributed by atoms with van der Waals surface area (Å²) in [6, 6.07) is 21.6. The number of nitrogens with one attached hydrogen (secondary N) is 1. The average molecular weight is 362 g/mol. The van der Waals surface area contributed by atoms with Gasteiger partial charge in [-0.2, -0.15) is 0 Å². The molecular formula is C23H26N2O2. The first-order valence-electron chi connectivity index (χ1n) is 9.51. The van der Waals surface area contributed by atoms with Crippen molar-refractivity contribution in [2.24, 2.45) is 0 Å². The molecule has 0 unspecified atom stereocenters. The molecule has 1 N–H and O–H groups in total.